The predicted molar refractivity (Wildman–Crippen MR) is 87.1 cm³/mol. The zero-order chi connectivity index (χ0) is 16.0. The first-order valence-electron chi connectivity index (χ1n) is 8.10. The van der Waals surface area contributed by atoms with Gasteiger partial charge in [0.05, 0.1) is 6.61 Å². The van der Waals surface area contributed by atoms with Crippen molar-refractivity contribution in [1.29, 1.82) is 0 Å². The molecule has 1 amide bonds. The van der Waals surface area contributed by atoms with Crippen LogP contribution in [0.4, 0.5) is 4.79 Å². The number of amides is 1. The van der Waals surface area contributed by atoms with Gasteiger partial charge in [-0.15, -0.1) is 0 Å². The maximum Gasteiger partial charge on any atom is 0.407 e. The van der Waals surface area contributed by atoms with Gasteiger partial charge in [0.25, 0.3) is 0 Å². The van der Waals surface area contributed by atoms with E-state index in [4.69, 9.17) is 9.47 Å². The molecule has 1 aliphatic carbocycles. The normalized spacial score (nSPS) is 22.0. The number of ether oxygens (including phenoxy) is 2. The Morgan fingerprint density at radius 2 is 1.77 bits per heavy atom. The zero-order valence-corrected chi connectivity index (χ0v) is 13.8. The Kier molecular flexibility index (Phi) is 5.69. The molecule has 0 radical (unpaired) electrons. The minimum atomic E-state index is -0.440. The Labute approximate surface area is 133 Å². The molecule has 4 heteroatoms. The smallest absolute Gasteiger partial charge is 0.407 e. The largest absolute Gasteiger partial charge is 0.493 e. The van der Waals surface area contributed by atoms with E-state index in [0.717, 1.165) is 38.0 Å². The number of para-hydroxylation sites is 1. The lowest BCUT2D eigenvalue weighted by Gasteiger charge is -2.30. The average molecular weight is 305 g/mol. The van der Waals surface area contributed by atoms with Gasteiger partial charge in [0.15, 0.2) is 0 Å². The third kappa shape index (κ3) is 5.96. The van der Waals surface area contributed by atoms with E-state index >= 15 is 0 Å². The third-order valence-electron chi connectivity index (χ3n) is 3.80. The van der Waals surface area contributed by atoms with Gasteiger partial charge < -0.3 is 14.8 Å². The van der Waals surface area contributed by atoms with Gasteiger partial charge in [-0.1, -0.05) is 18.2 Å². The van der Waals surface area contributed by atoms with Crippen molar-refractivity contribution < 1.29 is 14.3 Å². The standard InChI is InChI=1S/C18H27NO3/c1-18(2,3)22-17(20)19-15-11-9-14(10-12-15)13-21-16-7-5-4-6-8-16/h4-8,14-15H,9-13H2,1-3H3,(H,19,20). The number of alkyl carbamates (subject to hydrolysis) is 1. The van der Waals surface area contributed by atoms with Crippen LogP contribution < -0.4 is 10.1 Å². The summed E-state index contributed by atoms with van der Waals surface area (Å²) >= 11 is 0. The monoisotopic (exact) mass is 305 g/mol. The van der Waals surface area contributed by atoms with E-state index < -0.39 is 5.60 Å². The highest BCUT2D eigenvalue weighted by atomic mass is 16.6. The second kappa shape index (κ2) is 7.52. The van der Waals surface area contributed by atoms with E-state index in [0.29, 0.717) is 5.92 Å². The van der Waals surface area contributed by atoms with Crippen LogP contribution in [-0.4, -0.2) is 24.3 Å². The van der Waals surface area contributed by atoms with E-state index in [9.17, 15) is 4.79 Å². The molecule has 0 saturated heterocycles. The highest BCUT2D eigenvalue weighted by Gasteiger charge is 2.25. The molecule has 1 N–H and O–H groups in total. The van der Waals surface area contributed by atoms with Crippen molar-refractivity contribution in [3.8, 4) is 5.75 Å². The molecule has 1 aromatic rings. The van der Waals surface area contributed by atoms with Crippen molar-refractivity contribution in [3.05, 3.63) is 30.3 Å². The van der Waals surface area contributed by atoms with Crippen LogP contribution in [0.3, 0.4) is 0 Å². The number of nitrogens with one attached hydrogen (secondary N) is 1. The molecule has 1 aliphatic rings. The van der Waals surface area contributed by atoms with Crippen LogP contribution in [-0.2, 0) is 4.74 Å². The van der Waals surface area contributed by atoms with E-state index in [1.807, 2.05) is 51.1 Å². The molecule has 0 aromatic heterocycles. The Morgan fingerprint density at radius 3 is 2.36 bits per heavy atom. The number of hydrogen-bond donors (Lipinski definition) is 1. The summed E-state index contributed by atoms with van der Waals surface area (Å²) in [7, 11) is 0. The molecule has 1 aromatic carbocycles. The van der Waals surface area contributed by atoms with Gasteiger partial charge in [-0.2, -0.15) is 0 Å². The summed E-state index contributed by atoms with van der Waals surface area (Å²) in [5.74, 6) is 1.49. The highest BCUT2D eigenvalue weighted by molar-refractivity contribution is 5.68. The Bertz CT molecular complexity index is 459. The molecule has 0 atom stereocenters. The molecule has 0 spiro atoms. The van der Waals surface area contributed by atoms with Gasteiger partial charge in [0.2, 0.25) is 0 Å². The van der Waals surface area contributed by atoms with Crippen molar-refractivity contribution in [2.24, 2.45) is 5.92 Å². The summed E-state index contributed by atoms with van der Waals surface area (Å²) in [6, 6.07) is 10.1. The van der Waals surface area contributed by atoms with E-state index in [2.05, 4.69) is 5.32 Å². The van der Waals surface area contributed by atoms with Crippen molar-refractivity contribution in [2.45, 2.75) is 58.1 Å². The molecule has 0 heterocycles. The van der Waals surface area contributed by atoms with Crippen molar-refractivity contribution in [3.63, 3.8) is 0 Å². The first-order valence-corrected chi connectivity index (χ1v) is 8.10. The summed E-state index contributed by atoms with van der Waals surface area (Å²) in [6.07, 6.45) is 3.82. The molecule has 2 rings (SSSR count). The Morgan fingerprint density at radius 1 is 1.14 bits per heavy atom. The van der Waals surface area contributed by atoms with Crippen molar-refractivity contribution >= 4 is 6.09 Å². The fourth-order valence-electron chi connectivity index (χ4n) is 2.68. The molecular formula is C18H27NO3. The highest BCUT2D eigenvalue weighted by Crippen LogP contribution is 2.25. The molecule has 0 aliphatic heterocycles. The number of carbonyl (C=O) groups is 1. The minimum Gasteiger partial charge on any atom is -0.493 e. The van der Waals surface area contributed by atoms with Crippen molar-refractivity contribution in [1.82, 2.24) is 5.32 Å². The van der Waals surface area contributed by atoms with Crippen LogP contribution in [0.2, 0.25) is 0 Å². The fraction of sp³-hybridized carbons (Fsp3) is 0.611. The van der Waals surface area contributed by atoms with Gasteiger partial charge in [-0.25, -0.2) is 4.79 Å². The summed E-state index contributed by atoms with van der Waals surface area (Å²) in [5, 5.41) is 2.97. The lowest BCUT2D eigenvalue weighted by molar-refractivity contribution is 0.0483. The molecule has 0 bridgehead atoms. The lowest BCUT2D eigenvalue weighted by atomic mass is 9.86. The maximum atomic E-state index is 11.8. The Balaban J connectivity index is 1.66. The van der Waals surface area contributed by atoms with Crippen LogP contribution in [0, 0.1) is 5.92 Å². The maximum absolute atomic E-state index is 11.8. The molecule has 1 saturated carbocycles. The first-order chi connectivity index (χ1) is 10.4. The molecular weight excluding hydrogens is 278 g/mol. The molecule has 0 unspecified atom stereocenters. The predicted octanol–water partition coefficient (Wildman–Crippen LogP) is 4.15. The quantitative estimate of drug-likeness (QED) is 0.909. The molecule has 4 nitrogen and oxygen atoms in total. The summed E-state index contributed by atoms with van der Waals surface area (Å²) in [4.78, 5) is 11.8. The molecule has 122 valence electrons. The van der Waals surface area contributed by atoms with E-state index in [-0.39, 0.29) is 12.1 Å². The number of rotatable bonds is 4. The topological polar surface area (TPSA) is 47.6 Å². The minimum absolute atomic E-state index is 0.225. The van der Waals surface area contributed by atoms with Crippen LogP contribution in [0.15, 0.2) is 30.3 Å². The first kappa shape index (κ1) is 16.7. The van der Waals surface area contributed by atoms with Crippen LogP contribution in [0.25, 0.3) is 0 Å². The van der Waals surface area contributed by atoms with Crippen molar-refractivity contribution in [2.75, 3.05) is 6.61 Å². The average Bonchev–Trinajstić information content (AvgIpc) is 2.45. The van der Waals surface area contributed by atoms with Crippen LogP contribution >= 0.6 is 0 Å². The molecule has 1 fully saturated rings. The van der Waals surface area contributed by atoms with Gasteiger partial charge in [0, 0.05) is 6.04 Å². The summed E-state index contributed by atoms with van der Waals surface area (Å²) in [5.41, 5.74) is -0.440. The molecule has 22 heavy (non-hydrogen) atoms. The number of benzene rings is 1. The summed E-state index contributed by atoms with van der Waals surface area (Å²) in [6.45, 7) is 6.39. The van der Waals surface area contributed by atoms with Crippen LogP contribution in [0.5, 0.6) is 5.75 Å². The third-order valence-corrected chi connectivity index (χ3v) is 3.80. The zero-order valence-electron chi connectivity index (χ0n) is 13.8. The van der Waals surface area contributed by atoms with E-state index in [1.54, 1.807) is 0 Å². The second-order valence-corrected chi connectivity index (χ2v) is 6.99. The number of hydrogen-bond acceptors (Lipinski definition) is 3. The Hall–Kier alpha value is -1.71. The van der Waals surface area contributed by atoms with E-state index in [1.165, 1.54) is 0 Å². The van der Waals surface area contributed by atoms with Gasteiger partial charge in [-0.3, -0.25) is 0 Å². The van der Waals surface area contributed by atoms with Gasteiger partial charge >= 0.3 is 6.09 Å². The van der Waals surface area contributed by atoms with Gasteiger partial charge in [-0.05, 0) is 64.5 Å². The lowest BCUT2D eigenvalue weighted by Crippen LogP contribution is -2.41. The van der Waals surface area contributed by atoms with Gasteiger partial charge in [0.1, 0.15) is 11.4 Å². The summed E-state index contributed by atoms with van der Waals surface area (Å²) < 4.78 is 11.1. The number of carbonyl (C=O) groups excluding carboxylic acids is 1. The SMILES string of the molecule is CC(C)(C)OC(=O)NC1CCC(COc2ccccc2)CC1. The van der Waals surface area contributed by atoms with Crippen LogP contribution in [0.1, 0.15) is 46.5 Å². The fourth-order valence-corrected chi connectivity index (χ4v) is 2.68. The second-order valence-electron chi connectivity index (χ2n) is 6.99.